The monoisotopic (exact) mass is 307 g/mol. The Morgan fingerprint density at radius 3 is 2.82 bits per heavy atom. The summed E-state index contributed by atoms with van der Waals surface area (Å²) in [6.07, 6.45) is 2.34. The number of anilines is 2. The van der Waals surface area contributed by atoms with Crippen molar-refractivity contribution in [3.63, 3.8) is 0 Å². The molecule has 2 heterocycles. The SMILES string of the molecule is CCCCN(C)c1nc(C)cc(NCCN2CCOCC2)n1. The average Bonchev–Trinajstić information content (AvgIpc) is 2.53. The number of morpholine rings is 1. The highest BCUT2D eigenvalue weighted by Gasteiger charge is 2.10. The summed E-state index contributed by atoms with van der Waals surface area (Å²) in [4.78, 5) is 13.7. The molecule has 0 amide bonds. The zero-order chi connectivity index (χ0) is 15.8. The fraction of sp³-hybridized carbons (Fsp3) is 0.750. The second-order valence-corrected chi connectivity index (χ2v) is 5.85. The molecule has 0 unspecified atom stereocenters. The molecule has 0 aliphatic carbocycles. The lowest BCUT2D eigenvalue weighted by Crippen LogP contribution is -2.39. The van der Waals surface area contributed by atoms with E-state index in [1.165, 1.54) is 6.42 Å². The average molecular weight is 307 g/mol. The molecule has 0 radical (unpaired) electrons. The summed E-state index contributed by atoms with van der Waals surface area (Å²) in [6, 6.07) is 2.01. The van der Waals surface area contributed by atoms with E-state index in [9.17, 15) is 0 Å². The highest BCUT2D eigenvalue weighted by molar-refractivity contribution is 5.43. The number of hydrogen-bond donors (Lipinski definition) is 1. The molecule has 0 saturated carbocycles. The van der Waals surface area contributed by atoms with Gasteiger partial charge in [0.15, 0.2) is 0 Å². The van der Waals surface area contributed by atoms with Crippen molar-refractivity contribution in [1.82, 2.24) is 14.9 Å². The Morgan fingerprint density at radius 1 is 1.32 bits per heavy atom. The molecule has 1 aliphatic rings. The second-order valence-electron chi connectivity index (χ2n) is 5.85. The fourth-order valence-electron chi connectivity index (χ4n) is 2.48. The van der Waals surface area contributed by atoms with Crippen molar-refractivity contribution in [2.45, 2.75) is 26.7 Å². The largest absolute Gasteiger partial charge is 0.379 e. The van der Waals surface area contributed by atoms with Crippen LogP contribution in [0.3, 0.4) is 0 Å². The van der Waals surface area contributed by atoms with E-state index >= 15 is 0 Å². The first-order valence-electron chi connectivity index (χ1n) is 8.30. The maximum absolute atomic E-state index is 5.37. The molecular weight excluding hydrogens is 278 g/mol. The Kier molecular flexibility index (Phi) is 6.86. The number of ether oxygens (including phenoxy) is 1. The molecule has 1 fully saturated rings. The van der Waals surface area contributed by atoms with E-state index in [-0.39, 0.29) is 0 Å². The van der Waals surface area contributed by atoms with Gasteiger partial charge >= 0.3 is 0 Å². The topological polar surface area (TPSA) is 53.5 Å². The van der Waals surface area contributed by atoms with E-state index in [1.807, 2.05) is 13.0 Å². The van der Waals surface area contributed by atoms with Crippen LogP contribution in [0.5, 0.6) is 0 Å². The number of nitrogens with one attached hydrogen (secondary N) is 1. The third-order valence-electron chi connectivity index (χ3n) is 3.87. The molecule has 22 heavy (non-hydrogen) atoms. The Labute approximate surface area is 133 Å². The molecule has 124 valence electrons. The fourth-order valence-corrected chi connectivity index (χ4v) is 2.48. The van der Waals surface area contributed by atoms with E-state index in [2.05, 4.69) is 39.1 Å². The molecule has 2 rings (SSSR count). The normalized spacial score (nSPS) is 15.8. The first-order valence-corrected chi connectivity index (χ1v) is 8.30. The van der Waals surface area contributed by atoms with Crippen molar-refractivity contribution >= 4 is 11.8 Å². The lowest BCUT2D eigenvalue weighted by Gasteiger charge is -2.26. The third-order valence-corrected chi connectivity index (χ3v) is 3.87. The smallest absolute Gasteiger partial charge is 0.227 e. The van der Waals surface area contributed by atoms with E-state index in [4.69, 9.17) is 4.74 Å². The van der Waals surface area contributed by atoms with Gasteiger partial charge in [-0.15, -0.1) is 0 Å². The molecule has 0 bridgehead atoms. The summed E-state index contributed by atoms with van der Waals surface area (Å²) in [5.74, 6) is 1.72. The van der Waals surface area contributed by atoms with Crippen LogP contribution in [0.4, 0.5) is 11.8 Å². The molecule has 0 atom stereocenters. The number of rotatable bonds is 8. The quantitative estimate of drug-likeness (QED) is 0.790. The van der Waals surface area contributed by atoms with Crippen LogP contribution in [0.25, 0.3) is 0 Å². The number of unbranched alkanes of at least 4 members (excludes halogenated alkanes) is 1. The molecule has 1 aromatic rings. The van der Waals surface area contributed by atoms with Gasteiger partial charge in [-0.1, -0.05) is 13.3 Å². The molecule has 0 spiro atoms. The van der Waals surface area contributed by atoms with Crippen LogP contribution >= 0.6 is 0 Å². The van der Waals surface area contributed by atoms with Gasteiger partial charge in [0, 0.05) is 51.5 Å². The van der Waals surface area contributed by atoms with Crippen LogP contribution in [-0.4, -0.2) is 67.9 Å². The highest BCUT2D eigenvalue weighted by atomic mass is 16.5. The number of hydrogen-bond acceptors (Lipinski definition) is 6. The summed E-state index contributed by atoms with van der Waals surface area (Å²) >= 11 is 0. The molecule has 1 N–H and O–H groups in total. The minimum absolute atomic E-state index is 0.808. The van der Waals surface area contributed by atoms with Gasteiger partial charge in [-0.3, -0.25) is 4.90 Å². The van der Waals surface area contributed by atoms with Gasteiger partial charge in [0.1, 0.15) is 5.82 Å². The predicted octanol–water partition coefficient (Wildman–Crippen LogP) is 1.77. The van der Waals surface area contributed by atoms with Crippen LogP contribution in [0.1, 0.15) is 25.5 Å². The molecule has 1 aliphatic heterocycles. The number of aryl methyl sites for hydroxylation is 1. The Balaban J connectivity index is 1.85. The van der Waals surface area contributed by atoms with Crippen molar-refractivity contribution in [3.8, 4) is 0 Å². The summed E-state index contributed by atoms with van der Waals surface area (Å²) in [5.41, 5.74) is 1.00. The predicted molar refractivity (Wildman–Crippen MR) is 90.7 cm³/mol. The lowest BCUT2D eigenvalue weighted by molar-refractivity contribution is 0.0398. The van der Waals surface area contributed by atoms with Gasteiger partial charge in [0.05, 0.1) is 13.2 Å². The van der Waals surface area contributed by atoms with Crippen molar-refractivity contribution in [3.05, 3.63) is 11.8 Å². The van der Waals surface area contributed by atoms with E-state index in [0.29, 0.717) is 0 Å². The maximum Gasteiger partial charge on any atom is 0.227 e. The van der Waals surface area contributed by atoms with Crippen molar-refractivity contribution < 1.29 is 4.74 Å². The minimum atomic E-state index is 0.808. The molecule has 0 aromatic carbocycles. The van der Waals surface area contributed by atoms with Gasteiger partial charge in [0.2, 0.25) is 5.95 Å². The lowest BCUT2D eigenvalue weighted by atomic mass is 10.3. The first kappa shape index (κ1) is 17.0. The summed E-state index contributed by atoms with van der Waals surface area (Å²) in [7, 11) is 2.06. The highest BCUT2D eigenvalue weighted by Crippen LogP contribution is 2.13. The second kappa shape index (κ2) is 8.90. The van der Waals surface area contributed by atoms with Gasteiger partial charge in [0.25, 0.3) is 0 Å². The zero-order valence-electron chi connectivity index (χ0n) is 14.1. The van der Waals surface area contributed by atoms with Crippen LogP contribution < -0.4 is 10.2 Å². The number of nitrogens with zero attached hydrogens (tertiary/aromatic N) is 4. The van der Waals surface area contributed by atoms with Crippen molar-refractivity contribution in [2.75, 3.05) is 63.2 Å². The van der Waals surface area contributed by atoms with E-state index in [0.717, 1.165) is 69.8 Å². The van der Waals surface area contributed by atoms with Crippen LogP contribution in [-0.2, 0) is 4.74 Å². The van der Waals surface area contributed by atoms with Gasteiger partial charge in [-0.2, -0.15) is 4.98 Å². The molecular formula is C16H29N5O. The van der Waals surface area contributed by atoms with Gasteiger partial charge in [-0.25, -0.2) is 4.98 Å². The molecule has 6 nitrogen and oxygen atoms in total. The minimum Gasteiger partial charge on any atom is -0.379 e. The maximum atomic E-state index is 5.37. The molecule has 1 aromatic heterocycles. The standard InChI is InChI=1S/C16H29N5O/c1-4-5-7-20(3)16-18-14(2)13-15(19-16)17-6-8-21-9-11-22-12-10-21/h13H,4-12H2,1-3H3,(H,17,18,19). The van der Waals surface area contributed by atoms with Crippen LogP contribution in [0, 0.1) is 6.92 Å². The third kappa shape index (κ3) is 5.42. The first-order chi connectivity index (χ1) is 10.7. The van der Waals surface area contributed by atoms with Gasteiger partial charge in [-0.05, 0) is 13.3 Å². The van der Waals surface area contributed by atoms with E-state index in [1.54, 1.807) is 0 Å². The molecule has 1 saturated heterocycles. The summed E-state index contributed by atoms with van der Waals surface area (Å²) in [5, 5.41) is 3.42. The van der Waals surface area contributed by atoms with Crippen molar-refractivity contribution in [1.29, 1.82) is 0 Å². The van der Waals surface area contributed by atoms with Gasteiger partial charge < -0.3 is 15.0 Å². The van der Waals surface area contributed by atoms with Crippen molar-refractivity contribution in [2.24, 2.45) is 0 Å². The molecule has 6 heteroatoms. The number of aromatic nitrogens is 2. The van der Waals surface area contributed by atoms with E-state index < -0.39 is 0 Å². The Morgan fingerprint density at radius 2 is 2.09 bits per heavy atom. The summed E-state index contributed by atoms with van der Waals surface area (Å²) < 4.78 is 5.37. The Bertz CT molecular complexity index is 448. The van der Waals surface area contributed by atoms with Crippen LogP contribution in [0.15, 0.2) is 6.07 Å². The van der Waals surface area contributed by atoms with Crippen LogP contribution in [0.2, 0.25) is 0 Å². The Hall–Kier alpha value is -1.40. The zero-order valence-corrected chi connectivity index (χ0v) is 14.1. The summed E-state index contributed by atoms with van der Waals surface area (Å²) in [6.45, 7) is 10.9.